The molecule has 0 heterocycles. The van der Waals surface area contributed by atoms with Crippen LogP contribution in [-0.2, 0) is 4.79 Å². The van der Waals surface area contributed by atoms with E-state index < -0.39 is 0 Å². The van der Waals surface area contributed by atoms with E-state index in [2.05, 4.69) is 0 Å². The maximum atomic E-state index is 8.00. The number of carbonyl (C=O) groups is 1. The highest BCUT2D eigenvalue weighted by Crippen LogP contribution is 0.494. The third-order valence-electron chi connectivity index (χ3n) is 0. The van der Waals surface area contributed by atoms with Crippen molar-refractivity contribution in [1.29, 1.82) is 0 Å². The van der Waals surface area contributed by atoms with Crippen molar-refractivity contribution in [3.63, 3.8) is 0 Å². The van der Waals surface area contributed by atoms with Gasteiger partial charge in [0, 0.05) is 0 Å². The maximum Gasteiger partial charge on any atom is 0.106 e. The lowest BCUT2D eigenvalue weighted by molar-refractivity contribution is -0.0979. The van der Waals surface area contributed by atoms with Crippen molar-refractivity contribution in [2.45, 2.75) is 0 Å². The third kappa shape index (κ3) is 42.1. The van der Waals surface area contributed by atoms with Gasteiger partial charge in [-0.3, -0.25) is 0 Å². The van der Waals surface area contributed by atoms with Crippen molar-refractivity contribution < 1.29 is 4.79 Å². The SMILES string of the molecule is C=O.N.N.N. The minimum Gasteiger partial charge on any atom is -0.344 e. The normalized spacial score (nSPS) is 0.800. The van der Waals surface area contributed by atoms with E-state index in [4.69, 9.17) is 4.79 Å². The molecule has 0 amide bonds. The minimum absolute atomic E-state index is 0. The van der Waals surface area contributed by atoms with Gasteiger partial charge in [-0.15, -0.1) is 0 Å². The van der Waals surface area contributed by atoms with E-state index in [1.807, 2.05) is 6.79 Å². The van der Waals surface area contributed by atoms with Crippen LogP contribution in [0.25, 0.3) is 0 Å². The Labute approximate surface area is 31.3 Å². The van der Waals surface area contributed by atoms with Gasteiger partial charge in [-0.1, -0.05) is 0 Å². The predicted octanol–water partition coefficient (Wildman–Crippen LogP) is 0.301. The molecule has 0 aromatic carbocycles. The van der Waals surface area contributed by atoms with Crippen LogP contribution in [0.4, 0.5) is 0 Å². The van der Waals surface area contributed by atoms with Crippen molar-refractivity contribution in [2.75, 3.05) is 0 Å². The van der Waals surface area contributed by atoms with Crippen LogP contribution in [0.2, 0.25) is 0 Å². The smallest absolute Gasteiger partial charge is 0.106 e. The third-order valence-corrected chi connectivity index (χ3v) is 0. The molecule has 36 valence electrons. The second kappa shape index (κ2) is 114. The molecule has 0 aromatic rings. The summed E-state index contributed by atoms with van der Waals surface area (Å²) in [4.78, 5) is 8.00. The van der Waals surface area contributed by atoms with Crippen molar-refractivity contribution >= 4 is 6.79 Å². The van der Waals surface area contributed by atoms with Crippen molar-refractivity contribution in [3.8, 4) is 0 Å². The standard InChI is InChI=1S/CH2O.3H3N/c1-2;;;/h1H2;3*1H3. The van der Waals surface area contributed by atoms with E-state index in [1.165, 1.54) is 0 Å². The fraction of sp³-hybridized carbons (Fsp3) is 0. The molecule has 0 saturated heterocycles. The summed E-state index contributed by atoms with van der Waals surface area (Å²) in [7, 11) is 0. The number of rotatable bonds is 0. The molecule has 4 heteroatoms. The minimum atomic E-state index is 0. The molecular formula is CH11N3O. The van der Waals surface area contributed by atoms with Gasteiger partial charge in [-0.2, -0.15) is 0 Å². The van der Waals surface area contributed by atoms with Gasteiger partial charge in [0.2, 0.25) is 0 Å². The molecule has 0 aromatic heterocycles. The first-order valence-corrected chi connectivity index (χ1v) is 0.289. The number of hydrogen-bond acceptors (Lipinski definition) is 4. The fourth-order valence-corrected chi connectivity index (χ4v) is 0. The van der Waals surface area contributed by atoms with Gasteiger partial charge in [-0.25, -0.2) is 0 Å². The molecule has 0 spiro atoms. The molecule has 0 saturated carbocycles. The molecular weight excluding hydrogens is 70.0 g/mol. The molecule has 0 fully saturated rings. The fourth-order valence-electron chi connectivity index (χ4n) is 0. The molecule has 0 bridgehead atoms. The second-order valence-corrected chi connectivity index (χ2v) is 0. The van der Waals surface area contributed by atoms with E-state index in [0.29, 0.717) is 0 Å². The van der Waals surface area contributed by atoms with Crippen molar-refractivity contribution in [2.24, 2.45) is 0 Å². The Morgan fingerprint density at radius 1 is 0.800 bits per heavy atom. The molecule has 0 radical (unpaired) electrons. The zero-order valence-corrected chi connectivity index (χ0v) is 3.24. The Hall–Kier alpha value is -0.450. The molecule has 5 heavy (non-hydrogen) atoms. The molecule has 0 unspecified atom stereocenters. The highest BCUT2D eigenvalue weighted by atomic mass is 16.1. The van der Waals surface area contributed by atoms with Gasteiger partial charge in [-0.05, 0) is 0 Å². The Morgan fingerprint density at radius 3 is 0.800 bits per heavy atom. The summed E-state index contributed by atoms with van der Waals surface area (Å²) in [5.74, 6) is 0. The monoisotopic (exact) mass is 81.1 g/mol. The zero-order chi connectivity index (χ0) is 2.00. The lowest BCUT2D eigenvalue weighted by Crippen LogP contribution is -0.925. The number of hydrogen-bond donors (Lipinski definition) is 3. The lowest BCUT2D eigenvalue weighted by Gasteiger charge is -0.837. The molecule has 4 nitrogen and oxygen atoms in total. The van der Waals surface area contributed by atoms with E-state index >= 15 is 0 Å². The van der Waals surface area contributed by atoms with Gasteiger partial charge in [0.05, 0.1) is 0 Å². The predicted molar refractivity (Wildman–Crippen MR) is 22.2 cm³/mol. The van der Waals surface area contributed by atoms with E-state index in [1.54, 1.807) is 0 Å². The van der Waals surface area contributed by atoms with Crippen LogP contribution in [0.1, 0.15) is 0 Å². The van der Waals surface area contributed by atoms with Crippen LogP contribution in [0.15, 0.2) is 0 Å². The summed E-state index contributed by atoms with van der Waals surface area (Å²) in [5, 5.41) is 0. The van der Waals surface area contributed by atoms with Crippen molar-refractivity contribution in [3.05, 3.63) is 0 Å². The molecule has 0 rings (SSSR count). The topological polar surface area (TPSA) is 122 Å². The molecule has 0 atom stereocenters. The van der Waals surface area contributed by atoms with E-state index in [0.717, 1.165) is 0 Å². The highest BCUT2D eigenvalue weighted by molar-refractivity contribution is 5.10. The molecule has 0 aliphatic heterocycles. The number of carbonyl (C=O) groups excluding carboxylic acids is 1. The summed E-state index contributed by atoms with van der Waals surface area (Å²) in [5.41, 5.74) is 0. The molecule has 0 aliphatic rings. The first kappa shape index (κ1) is 190. The van der Waals surface area contributed by atoms with Gasteiger partial charge >= 0.3 is 0 Å². The largest absolute Gasteiger partial charge is 0.344 e. The maximum absolute atomic E-state index is 8.00. The van der Waals surface area contributed by atoms with Gasteiger partial charge in [0.1, 0.15) is 6.79 Å². The Bertz CT molecular complexity index is 6.85. The zero-order valence-electron chi connectivity index (χ0n) is 3.24. The summed E-state index contributed by atoms with van der Waals surface area (Å²) >= 11 is 0. The lowest BCUT2D eigenvalue weighted by atomic mass is 11.9. The molecule has 0 aliphatic carbocycles. The first-order valence-electron chi connectivity index (χ1n) is 0.289. The van der Waals surface area contributed by atoms with Crippen LogP contribution in [0.3, 0.4) is 0 Å². The molecule has 9 N–H and O–H groups in total. The van der Waals surface area contributed by atoms with Crippen LogP contribution < -0.4 is 18.5 Å². The van der Waals surface area contributed by atoms with Crippen LogP contribution in [0.5, 0.6) is 0 Å². The average molecular weight is 81.1 g/mol. The van der Waals surface area contributed by atoms with Crippen LogP contribution in [-0.4, -0.2) is 6.79 Å². The Morgan fingerprint density at radius 2 is 0.800 bits per heavy atom. The van der Waals surface area contributed by atoms with Crippen molar-refractivity contribution in [1.82, 2.24) is 18.5 Å². The summed E-state index contributed by atoms with van der Waals surface area (Å²) in [6, 6.07) is 0. The second-order valence-electron chi connectivity index (χ2n) is 0. The van der Waals surface area contributed by atoms with Gasteiger partial charge < -0.3 is 23.2 Å². The highest BCUT2D eigenvalue weighted by Gasteiger charge is 0.636. The van der Waals surface area contributed by atoms with E-state index in [-0.39, 0.29) is 18.5 Å². The Kier molecular flexibility index (Phi) is 4320. The first-order chi connectivity index (χ1) is 1.00. The van der Waals surface area contributed by atoms with Gasteiger partial charge in [0.15, 0.2) is 0 Å². The average Bonchev–Trinajstić information content (AvgIpc) is 1.00. The summed E-state index contributed by atoms with van der Waals surface area (Å²) in [6.45, 7) is 2.00. The van der Waals surface area contributed by atoms with Crippen LogP contribution >= 0.6 is 0 Å². The van der Waals surface area contributed by atoms with Gasteiger partial charge in [0.25, 0.3) is 0 Å². The van der Waals surface area contributed by atoms with Crippen LogP contribution in [0, 0.1) is 0 Å². The quantitative estimate of drug-likeness (QED) is 0.388. The summed E-state index contributed by atoms with van der Waals surface area (Å²) < 4.78 is 0. The Balaban J connectivity index is -0.00000000167. The van der Waals surface area contributed by atoms with E-state index in [9.17, 15) is 0 Å². The summed E-state index contributed by atoms with van der Waals surface area (Å²) in [6.07, 6.45) is 0.